The molecule has 0 aliphatic heterocycles. The molecule has 0 heterocycles. The Labute approximate surface area is 270 Å². The molecule has 0 spiro atoms. The van der Waals surface area contributed by atoms with Gasteiger partial charge in [0.2, 0.25) is 0 Å². The van der Waals surface area contributed by atoms with Crippen LogP contribution in [0.5, 0.6) is 0 Å². The fourth-order valence-electron chi connectivity index (χ4n) is 5.95. The summed E-state index contributed by atoms with van der Waals surface area (Å²) in [5, 5.41) is 0. The Bertz CT molecular complexity index is 788. The molecule has 0 saturated carbocycles. The molecule has 0 saturated heterocycles. The monoisotopic (exact) mass is 586 g/mol. The van der Waals surface area contributed by atoms with Crippen molar-refractivity contribution in [3.63, 3.8) is 0 Å². The SMILES string of the molecule is CCCCCCCCCCCCCCCCCCCCCCCCCCCCCCc1ccccc1S(=O)(=O)O.[H-].[Li+]. The van der Waals surface area contributed by atoms with Crippen LogP contribution in [0.15, 0.2) is 29.2 Å². The largest absolute Gasteiger partial charge is 1.00 e. The first-order chi connectivity index (χ1) is 19.6. The summed E-state index contributed by atoms with van der Waals surface area (Å²) in [6, 6.07) is 6.80. The first kappa shape index (κ1) is 40.7. The quantitative estimate of drug-likeness (QED) is 0.0555. The third-order valence-electron chi connectivity index (χ3n) is 8.55. The third-order valence-corrected chi connectivity index (χ3v) is 9.50. The van der Waals surface area contributed by atoms with E-state index in [1.54, 1.807) is 6.07 Å². The van der Waals surface area contributed by atoms with Gasteiger partial charge < -0.3 is 1.43 Å². The van der Waals surface area contributed by atoms with Gasteiger partial charge in [0.25, 0.3) is 10.1 Å². The third kappa shape index (κ3) is 25.9. The molecule has 1 aromatic carbocycles. The fraction of sp³-hybridized carbons (Fsp3) is 0.833. The van der Waals surface area contributed by atoms with Crippen LogP contribution < -0.4 is 18.9 Å². The van der Waals surface area contributed by atoms with Gasteiger partial charge in [-0.1, -0.05) is 198 Å². The van der Waals surface area contributed by atoms with E-state index in [2.05, 4.69) is 6.92 Å². The van der Waals surface area contributed by atoms with Crippen molar-refractivity contribution in [3.8, 4) is 0 Å². The summed E-state index contributed by atoms with van der Waals surface area (Å²) >= 11 is 0. The van der Waals surface area contributed by atoms with Gasteiger partial charge in [-0.05, 0) is 24.5 Å². The molecule has 1 N–H and O–H groups in total. The maximum Gasteiger partial charge on any atom is 1.00 e. The Kier molecular flexibility index (Phi) is 29.6. The molecule has 0 bridgehead atoms. The van der Waals surface area contributed by atoms with E-state index in [0.29, 0.717) is 0 Å². The summed E-state index contributed by atoms with van der Waals surface area (Å²) < 4.78 is 32.3. The van der Waals surface area contributed by atoms with Gasteiger partial charge in [0.05, 0.1) is 4.90 Å². The predicted molar refractivity (Wildman–Crippen MR) is 176 cm³/mol. The van der Waals surface area contributed by atoms with Gasteiger partial charge in [0.1, 0.15) is 0 Å². The molecular formula is C36H67LiO3S. The van der Waals surface area contributed by atoms with Crippen LogP contribution in [0.1, 0.15) is 194 Å². The van der Waals surface area contributed by atoms with Crippen LogP contribution in [0, 0.1) is 0 Å². The van der Waals surface area contributed by atoms with Crippen LogP contribution in [0.4, 0.5) is 0 Å². The second-order valence-corrected chi connectivity index (χ2v) is 13.8. The van der Waals surface area contributed by atoms with Crippen molar-refractivity contribution in [3.05, 3.63) is 29.8 Å². The molecule has 0 radical (unpaired) electrons. The molecule has 0 amide bonds. The van der Waals surface area contributed by atoms with Gasteiger partial charge in [-0.3, -0.25) is 4.55 Å². The van der Waals surface area contributed by atoms with Gasteiger partial charge in [-0.15, -0.1) is 0 Å². The van der Waals surface area contributed by atoms with Crippen molar-refractivity contribution >= 4 is 10.1 Å². The summed E-state index contributed by atoms with van der Waals surface area (Å²) in [4.78, 5) is 0.0695. The molecule has 1 aromatic rings. The minimum absolute atomic E-state index is 0. The smallest absolute Gasteiger partial charge is 1.00 e. The van der Waals surface area contributed by atoms with Crippen LogP contribution in [0.25, 0.3) is 0 Å². The van der Waals surface area contributed by atoms with E-state index >= 15 is 0 Å². The summed E-state index contributed by atoms with van der Waals surface area (Å²) in [5.41, 5.74) is 0.736. The Balaban J connectivity index is 0. The van der Waals surface area contributed by atoms with Crippen LogP contribution in [0.3, 0.4) is 0 Å². The first-order valence-electron chi connectivity index (χ1n) is 17.6. The molecule has 0 unspecified atom stereocenters. The van der Waals surface area contributed by atoms with Gasteiger partial charge in [0.15, 0.2) is 0 Å². The standard InChI is InChI=1S/C36H66O3S.Li.H/c1-2-3-4-5-6-7-8-9-10-11-12-13-14-15-16-17-18-19-20-21-22-23-24-25-26-27-28-29-32-35-33-30-31-34-36(35)40(37,38)39;;/h30-31,33-34H,2-29,32H2,1H3,(H,37,38,39);;/q;+1;-1. The number of aryl methyl sites for hydroxylation is 1. The van der Waals surface area contributed by atoms with E-state index < -0.39 is 10.1 Å². The van der Waals surface area contributed by atoms with Gasteiger partial charge in [0, 0.05) is 0 Å². The van der Waals surface area contributed by atoms with Crippen molar-refractivity contribution < 1.29 is 33.3 Å². The average molecular weight is 587 g/mol. The summed E-state index contributed by atoms with van der Waals surface area (Å²) in [7, 11) is -4.11. The molecule has 0 aromatic heterocycles. The number of hydrogen-bond acceptors (Lipinski definition) is 2. The van der Waals surface area contributed by atoms with Crippen LogP contribution in [0.2, 0.25) is 0 Å². The van der Waals surface area contributed by atoms with E-state index in [1.807, 2.05) is 12.1 Å². The topological polar surface area (TPSA) is 54.4 Å². The zero-order valence-corrected chi connectivity index (χ0v) is 28.3. The molecule has 0 aliphatic rings. The Hall–Kier alpha value is -0.273. The number of hydrogen-bond donors (Lipinski definition) is 1. The maximum atomic E-state index is 11.5. The zero-order chi connectivity index (χ0) is 29.0. The molecule has 0 aliphatic carbocycles. The Morgan fingerprint density at radius 1 is 0.488 bits per heavy atom. The molecule has 0 atom stereocenters. The van der Waals surface area contributed by atoms with Crippen LogP contribution in [-0.2, 0) is 16.5 Å². The maximum absolute atomic E-state index is 11.5. The zero-order valence-electron chi connectivity index (χ0n) is 28.5. The van der Waals surface area contributed by atoms with Crippen molar-refractivity contribution in [1.29, 1.82) is 0 Å². The molecule has 5 heteroatoms. The molecular weight excluding hydrogens is 519 g/mol. The van der Waals surface area contributed by atoms with E-state index in [4.69, 9.17) is 0 Å². The minimum atomic E-state index is -4.11. The molecule has 1 rings (SSSR count). The molecule has 0 fully saturated rings. The second-order valence-electron chi connectivity index (χ2n) is 12.4. The molecule has 236 valence electrons. The van der Waals surface area contributed by atoms with E-state index in [1.165, 1.54) is 173 Å². The Morgan fingerprint density at radius 3 is 1.05 bits per heavy atom. The van der Waals surface area contributed by atoms with Crippen molar-refractivity contribution in [1.82, 2.24) is 0 Å². The Morgan fingerprint density at radius 2 is 0.756 bits per heavy atom. The van der Waals surface area contributed by atoms with Crippen molar-refractivity contribution in [2.75, 3.05) is 0 Å². The van der Waals surface area contributed by atoms with Crippen LogP contribution in [-0.4, -0.2) is 13.0 Å². The summed E-state index contributed by atoms with van der Waals surface area (Å²) in [6.07, 6.45) is 39.7. The average Bonchev–Trinajstić information content (AvgIpc) is 2.94. The second kappa shape index (κ2) is 29.8. The van der Waals surface area contributed by atoms with Gasteiger partial charge in [-0.25, -0.2) is 0 Å². The summed E-state index contributed by atoms with van der Waals surface area (Å²) in [5.74, 6) is 0. The summed E-state index contributed by atoms with van der Waals surface area (Å²) in [6.45, 7) is 2.30. The number of rotatable bonds is 30. The fourth-order valence-corrected chi connectivity index (χ4v) is 6.70. The number of benzene rings is 1. The van der Waals surface area contributed by atoms with Gasteiger partial charge >= 0.3 is 18.9 Å². The normalized spacial score (nSPS) is 11.6. The molecule has 41 heavy (non-hydrogen) atoms. The number of unbranched alkanes of at least 4 members (excludes halogenated alkanes) is 27. The van der Waals surface area contributed by atoms with Crippen molar-refractivity contribution in [2.24, 2.45) is 0 Å². The first-order valence-corrected chi connectivity index (χ1v) is 19.0. The van der Waals surface area contributed by atoms with Crippen LogP contribution >= 0.6 is 0 Å². The minimum Gasteiger partial charge on any atom is -1.00 e. The van der Waals surface area contributed by atoms with E-state index in [0.717, 1.165) is 24.8 Å². The van der Waals surface area contributed by atoms with Gasteiger partial charge in [-0.2, -0.15) is 8.42 Å². The van der Waals surface area contributed by atoms with E-state index in [9.17, 15) is 13.0 Å². The molecule has 3 nitrogen and oxygen atoms in total. The predicted octanol–water partition coefficient (Wildman–Crippen LogP) is 9.54. The van der Waals surface area contributed by atoms with Crippen molar-refractivity contribution in [2.45, 2.75) is 198 Å². The van der Waals surface area contributed by atoms with E-state index in [-0.39, 0.29) is 25.2 Å².